The van der Waals surface area contributed by atoms with Crippen molar-refractivity contribution in [3.8, 4) is 0 Å². The van der Waals surface area contributed by atoms with Gasteiger partial charge in [-0.15, -0.1) is 11.3 Å². The number of halogens is 1. The van der Waals surface area contributed by atoms with Gasteiger partial charge in [-0.2, -0.15) is 0 Å². The van der Waals surface area contributed by atoms with E-state index >= 15 is 0 Å². The van der Waals surface area contributed by atoms with E-state index in [0.29, 0.717) is 0 Å². The van der Waals surface area contributed by atoms with E-state index in [1.807, 2.05) is 11.3 Å². The minimum Gasteiger partial charge on any atom is -0.304 e. The van der Waals surface area contributed by atoms with Gasteiger partial charge in [-0.1, -0.05) is 22.0 Å². The van der Waals surface area contributed by atoms with E-state index in [1.54, 1.807) is 0 Å². The van der Waals surface area contributed by atoms with Crippen LogP contribution in [0.2, 0.25) is 0 Å². The highest BCUT2D eigenvalue weighted by Crippen LogP contribution is 2.28. The number of benzene rings is 1. The Kier molecular flexibility index (Phi) is 2.91. The van der Waals surface area contributed by atoms with Gasteiger partial charge in [0.25, 0.3) is 0 Å². The second kappa shape index (κ2) is 4.01. The Morgan fingerprint density at radius 3 is 2.79 bits per heavy atom. The predicted octanol–water partition coefficient (Wildman–Crippen LogP) is 3.73. The molecule has 1 nitrogen and oxygen atoms in total. The van der Waals surface area contributed by atoms with Crippen molar-refractivity contribution in [2.45, 2.75) is 6.54 Å². The highest BCUT2D eigenvalue weighted by Gasteiger charge is 2.02. The molecule has 0 saturated heterocycles. The summed E-state index contributed by atoms with van der Waals surface area (Å²) in [6.07, 6.45) is 0. The van der Waals surface area contributed by atoms with Gasteiger partial charge in [0.05, 0.1) is 0 Å². The second-order valence-corrected chi connectivity index (χ2v) is 5.72. The third-order valence-corrected chi connectivity index (χ3v) is 3.58. The Morgan fingerprint density at radius 1 is 1.29 bits per heavy atom. The molecule has 0 aliphatic rings. The molecule has 0 aliphatic heterocycles. The molecule has 74 valence electrons. The van der Waals surface area contributed by atoms with Crippen molar-refractivity contribution in [1.82, 2.24) is 4.90 Å². The van der Waals surface area contributed by atoms with E-state index in [4.69, 9.17) is 0 Å². The molecule has 0 aliphatic carbocycles. The van der Waals surface area contributed by atoms with Crippen LogP contribution in [0, 0.1) is 0 Å². The average molecular weight is 270 g/mol. The molecule has 1 aromatic heterocycles. The molecule has 0 spiro atoms. The molecule has 2 rings (SSSR count). The standard InChI is InChI=1S/C11H12BrNS/c1-13(2)7-10-5-8-3-4-9(12)6-11(8)14-10/h3-6H,7H2,1-2H3. The molecule has 3 heteroatoms. The molecule has 1 heterocycles. The number of hydrogen-bond donors (Lipinski definition) is 0. The fraction of sp³-hybridized carbons (Fsp3) is 0.273. The molecule has 0 N–H and O–H groups in total. The smallest absolute Gasteiger partial charge is 0.0357 e. The fourth-order valence-corrected chi connectivity index (χ4v) is 3.18. The third-order valence-electron chi connectivity index (χ3n) is 2.01. The summed E-state index contributed by atoms with van der Waals surface area (Å²) in [6.45, 7) is 1.02. The monoisotopic (exact) mass is 269 g/mol. The summed E-state index contributed by atoms with van der Waals surface area (Å²) in [5, 5.41) is 1.34. The van der Waals surface area contributed by atoms with E-state index in [9.17, 15) is 0 Å². The van der Waals surface area contributed by atoms with Crippen LogP contribution in [0.5, 0.6) is 0 Å². The van der Waals surface area contributed by atoms with Crippen LogP contribution in [0.3, 0.4) is 0 Å². The molecule has 14 heavy (non-hydrogen) atoms. The molecule has 0 radical (unpaired) electrons. The van der Waals surface area contributed by atoms with E-state index in [-0.39, 0.29) is 0 Å². The number of fused-ring (bicyclic) bond motifs is 1. The van der Waals surface area contributed by atoms with Crippen LogP contribution in [0.15, 0.2) is 28.7 Å². The van der Waals surface area contributed by atoms with Crippen LogP contribution in [0.1, 0.15) is 4.88 Å². The fourth-order valence-electron chi connectivity index (χ4n) is 1.45. The Bertz CT molecular complexity index is 447. The maximum atomic E-state index is 3.49. The summed E-state index contributed by atoms with van der Waals surface area (Å²) in [6, 6.07) is 8.70. The Balaban J connectivity index is 2.41. The van der Waals surface area contributed by atoms with Crippen molar-refractivity contribution in [3.05, 3.63) is 33.6 Å². The molecule has 0 unspecified atom stereocenters. The van der Waals surface area contributed by atoms with Crippen molar-refractivity contribution in [3.63, 3.8) is 0 Å². The highest BCUT2D eigenvalue weighted by atomic mass is 79.9. The Hall–Kier alpha value is -0.380. The summed E-state index contributed by atoms with van der Waals surface area (Å²) in [5.74, 6) is 0. The Labute approximate surface area is 96.5 Å². The van der Waals surface area contributed by atoms with Crippen LogP contribution < -0.4 is 0 Å². The zero-order chi connectivity index (χ0) is 10.1. The van der Waals surface area contributed by atoms with Gasteiger partial charge in [0.15, 0.2) is 0 Å². The third kappa shape index (κ3) is 2.16. The molecule has 0 saturated carbocycles. The predicted molar refractivity (Wildman–Crippen MR) is 66.9 cm³/mol. The van der Waals surface area contributed by atoms with Crippen LogP contribution in [-0.4, -0.2) is 19.0 Å². The first-order valence-electron chi connectivity index (χ1n) is 4.48. The van der Waals surface area contributed by atoms with Gasteiger partial charge in [-0.05, 0) is 37.7 Å². The maximum Gasteiger partial charge on any atom is 0.0357 e. The van der Waals surface area contributed by atoms with Crippen molar-refractivity contribution in [2.75, 3.05) is 14.1 Å². The van der Waals surface area contributed by atoms with Gasteiger partial charge in [0.2, 0.25) is 0 Å². The number of thiophene rings is 1. The van der Waals surface area contributed by atoms with Crippen molar-refractivity contribution in [1.29, 1.82) is 0 Å². The largest absolute Gasteiger partial charge is 0.304 e. The van der Waals surface area contributed by atoms with Gasteiger partial charge in [-0.3, -0.25) is 0 Å². The average Bonchev–Trinajstić information content (AvgIpc) is 2.44. The van der Waals surface area contributed by atoms with Gasteiger partial charge in [-0.25, -0.2) is 0 Å². The quantitative estimate of drug-likeness (QED) is 0.803. The molecular weight excluding hydrogens is 258 g/mol. The molecule has 0 amide bonds. The van der Waals surface area contributed by atoms with Crippen LogP contribution in [0.4, 0.5) is 0 Å². The summed E-state index contributed by atoms with van der Waals surface area (Å²) in [5.41, 5.74) is 0. The van der Waals surface area contributed by atoms with Crippen molar-refractivity contribution >= 4 is 37.4 Å². The van der Waals surface area contributed by atoms with Crippen LogP contribution >= 0.6 is 27.3 Å². The topological polar surface area (TPSA) is 3.24 Å². The Morgan fingerprint density at radius 2 is 2.07 bits per heavy atom. The summed E-state index contributed by atoms with van der Waals surface area (Å²) >= 11 is 5.36. The molecule has 0 fully saturated rings. The molecule has 0 atom stereocenters. The molecule has 0 bridgehead atoms. The minimum absolute atomic E-state index is 1.02. The van der Waals surface area contributed by atoms with Crippen molar-refractivity contribution in [2.24, 2.45) is 0 Å². The zero-order valence-corrected chi connectivity index (χ0v) is 10.7. The van der Waals surface area contributed by atoms with Gasteiger partial charge in [0.1, 0.15) is 0 Å². The van der Waals surface area contributed by atoms with E-state index in [2.05, 4.69) is 59.2 Å². The van der Waals surface area contributed by atoms with E-state index in [1.165, 1.54) is 15.0 Å². The van der Waals surface area contributed by atoms with Gasteiger partial charge >= 0.3 is 0 Å². The lowest BCUT2D eigenvalue weighted by Gasteiger charge is -2.05. The maximum absolute atomic E-state index is 3.49. The van der Waals surface area contributed by atoms with Gasteiger partial charge in [0, 0.05) is 20.6 Å². The molecule has 2 aromatic rings. The van der Waals surface area contributed by atoms with Crippen molar-refractivity contribution < 1.29 is 0 Å². The highest BCUT2D eigenvalue weighted by molar-refractivity contribution is 9.10. The first kappa shape index (κ1) is 10.1. The lowest BCUT2D eigenvalue weighted by atomic mass is 10.2. The minimum atomic E-state index is 1.02. The number of rotatable bonds is 2. The second-order valence-electron chi connectivity index (χ2n) is 3.63. The van der Waals surface area contributed by atoms with E-state index < -0.39 is 0 Å². The number of nitrogens with zero attached hydrogens (tertiary/aromatic N) is 1. The van der Waals surface area contributed by atoms with Crippen LogP contribution in [-0.2, 0) is 6.54 Å². The summed E-state index contributed by atoms with van der Waals surface area (Å²) in [4.78, 5) is 3.61. The lowest BCUT2D eigenvalue weighted by Crippen LogP contribution is -2.09. The zero-order valence-electron chi connectivity index (χ0n) is 8.25. The van der Waals surface area contributed by atoms with Crippen LogP contribution in [0.25, 0.3) is 10.1 Å². The summed E-state index contributed by atoms with van der Waals surface area (Å²) < 4.78 is 2.51. The lowest BCUT2D eigenvalue weighted by molar-refractivity contribution is 0.406. The number of hydrogen-bond acceptors (Lipinski definition) is 2. The normalized spacial score (nSPS) is 11.4. The molecule has 1 aromatic carbocycles. The van der Waals surface area contributed by atoms with Gasteiger partial charge < -0.3 is 4.90 Å². The summed E-state index contributed by atoms with van der Waals surface area (Å²) in [7, 11) is 4.20. The SMILES string of the molecule is CN(C)Cc1cc2ccc(Br)cc2s1. The van der Waals surface area contributed by atoms with E-state index in [0.717, 1.165) is 11.0 Å². The first-order chi connectivity index (χ1) is 6.65. The molecular formula is C11H12BrNS. The first-order valence-corrected chi connectivity index (χ1v) is 6.09.